The van der Waals surface area contributed by atoms with E-state index in [-0.39, 0.29) is 35.9 Å². The van der Waals surface area contributed by atoms with E-state index in [2.05, 4.69) is 21.8 Å². The first-order chi connectivity index (χ1) is 19.9. The van der Waals surface area contributed by atoms with Crippen molar-refractivity contribution in [1.29, 1.82) is 0 Å². The summed E-state index contributed by atoms with van der Waals surface area (Å²) in [5, 5.41) is 9.47. The SMILES string of the molecule is C[C@@H](c1nc2ccc(C(=O)O)nc2n1C[C@@H]1CCO1)N1CCC(c2cccc(OCc3cc(F)ccc3F)n2)CC1. The van der Waals surface area contributed by atoms with Crippen LogP contribution in [0.3, 0.4) is 0 Å². The van der Waals surface area contributed by atoms with Crippen molar-refractivity contribution in [3.63, 3.8) is 0 Å². The van der Waals surface area contributed by atoms with Crippen LogP contribution in [0.1, 0.15) is 65.7 Å². The van der Waals surface area contributed by atoms with Crippen molar-refractivity contribution >= 4 is 17.1 Å². The van der Waals surface area contributed by atoms with Gasteiger partial charge in [0.2, 0.25) is 5.88 Å². The van der Waals surface area contributed by atoms with Crippen LogP contribution in [-0.4, -0.2) is 61.3 Å². The van der Waals surface area contributed by atoms with Crippen LogP contribution in [0.4, 0.5) is 8.78 Å². The number of likely N-dealkylation sites (tertiary alicyclic amines) is 1. The smallest absolute Gasteiger partial charge is 0.354 e. The Morgan fingerprint density at radius 3 is 2.63 bits per heavy atom. The molecule has 1 aromatic carbocycles. The second-order valence-electron chi connectivity index (χ2n) is 10.6. The number of ether oxygens (including phenoxy) is 2. The number of aromatic nitrogens is 4. The number of imidazole rings is 1. The van der Waals surface area contributed by atoms with Gasteiger partial charge in [-0.25, -0.2) is 28.5 Å². The highest BCUT2D eigenvalue weighted by Crippen LogP contribution is 2.33. The van der Waals surface area contributed by atoms with E-state index in [4.69, 9.17) is 14.5 Å². The molecule has 4 aromatic rings. The van der Waals surface area contributed by atoms with Gasteiger partial charge in [0.15, 0.2) is 11.3 Å². The summed E-state index contributed by atoms with van der Waals surface area (Å²) in [6, 6.07) is 12.1. The Kier molecular flexibility index (Phi) is 7.63. The quantitative estimate of drug-likeness (QED) is 0.300. The van der Waals surface area contributed by atoms with Crippen molar-refractivity contribution < 1.29 is 28.2 Å². The van der Waals surface area contributed by atoms with E-state index in [9.17, 15) is 18.7 Å². The monoisotopic (exact) mass is 563 g/mol. The minimum absolute atomic E-state index is 0.00651. The fourth-order valence-electron chi connectivity index (χ4n) is 5.56. The molecule has 2 atom stereocenters. The predicted molar refractivity (Wildman–Crippen MR) is 146 cm³/mol. The number of carbonyl (C=O) groups is 1. The summed E-state index contributed by atoms with van der Waals surface area (Å²) in [6.45, 7) is 4.97. The summed E-state index contributed by atoms with van der Waals surface area (Å²) >= 11 is 0. The average molecular weight is 564 g/mol. The normalized spacial score (nSPS) is 18.8. The molecule has 41 heavy (non-hydrogen) atoms. The molecular weight excluding hydrogens is 532 g/mol. The van der Waals surface area contributed by atoms with Crippen molar-refractivity contribution in [1.82, 2.24) is 24.4 Å². The topological polar surface area (TPSA) is 103 Å². The van der Waals surface area contributed by atoms with E-state index in [1.165, 1.54) is 6.07 Å². The number of carboxylic acid groups (broad SMARTS) is 1. The molecule has 0 radical (unpaired) electrons. The van der Waals surface area contributed by atoms with Gasteiger partial charge >= 0.3 is 5.97 Å². The van der Waals surface area contributed by atoms with Gasteiger partial charge in [-0.3, -0.25) is 4.90 Å². The van der Waals surface area contributed by atoms with Gasteiger partial charge in [-0.1, -0.05) is 6.07 Å². The van der Waals surface area contributed by atoms with Crippen LogP contribution in [0, 0.1) is 11.6 Å². The standard InChI is InChI=1S/C30H31F2N5O4/c1-18(28-34-25-7-8-26(30(38)39)35-29(25)37(28)16-22-11-14-40-22)36-12-9-19(10-13-36)24-3-2-4-27(33-24)41-17-20-15-21(31)5-6-23(20)32/h2-8,15,18-19,22H,9-14,16-17H2,1H3,(H,38,39)/t18-,22-/m0/s1. The second kappa shape index (κ2) is 11.5. The first kappa shape index (κ1) is 27.2. The third-order valence-electron chi connectivity index (χ3n) is 8.02. The highest BCUT2D eigenvalue weighted by molar-refractivity contribution is 5.88. The molecule has 0 aliphatic carbocycles. The van der Waals surface area contributed by atoms with Crippen LogP contribution in [0.25, 0.3) is 11.2 Å². The molecule has 1 N–H and O–H groups in total. The minimum atomic E-state index is -1.07. The predicted octanol–water partition coefficient (Wildman–Crippen LogP) is 5.11. The van der Waals surface area contributed by atoms with Crippen molar-refractivity contribution in [2.24, 2.45) is 0 Å². The van der Waals surface area contributed by atoms with Crippen LogP contribution in [0.15, 0.2) is 48.5 Å². The van der Waals surface area contributed by atoms with Gasteiger partial charge in [0.1, 0.15) is 29.6 Å². The molecule has 11 heteroatoms. The van der Waals surface area contributed by atoms with E-state index in [0.29, 0.717) is 23.6 Å². The van der Waals surface area contributed by atoms with E-state index in [1.807, 2.05) is 16.7 Å². The largest absolute Gasteiger partial charge is 0.477 e. The third-order valence-corrected chi connectivity index (χ3v) is 8.02. The molecule has 2 aliphatic rings. The number of carboxylic acids is 1. The van der Waals surface area contributed by atoms with Crippen molar-refractivity contribution in [2.45, 2.75) is 57.4 Å². The minimum Gasteiger partial charge on any atom is -0.477 e. The number of halogens is 2. The van der Waals surface area contributed by atoms with Crippen LogP contribution >= 0.6 is 0 Å². The Balaban J connectivity index is 1.14. The molecule has 214 valence electrons. The Morgan fingerprint density at radius 1 is 1.10 bits per heavy atom. The molecule has 2 fully saturated rings. The number of piperidine rings is 1. The third kappa shape index (κ3) is 5.77. The maximum atomic E-state index is 14.0. The molecule has 0 saturated carbocycles. The molecule has 9 nitrogen and oxygen atoms in total. The van der Waals surface area contributed by atoms with Gasteiger partial charge in [0.05, 0.1) is 18.7 Å². The van der Waals surface area contributed by atoms with Gasteiger partial charge < -0.3 is 19.1 Å². The lowest BCUT2D eigenvalue weighted by atomic mass is 9.92. The molecule has 0 unspecified atom stereocenters. The molecule has 2 saturated heterocycles. The summed E-state index contributed by atoms with van der Waals surface area (Å²) in [4.78, 5) is 27.9. The Hall–Kier alpha value is -3.96. The van der Waals surface area contributed by atoms with E-state index in [0.717, 1.165) is 68.7 Å². The number of pyridine rings is 2. The molecule has 3 aromatic heterocycles. The molecule has 2 aliphatic heterocycles. The zero-order valence-electron chi connectivity index (χ0n) is 22.7. The van der Waals surface area contributed by atoms with E-state index >= 15 is 0 Å². The van der Waals surface area contributed by atoms with Gasteiger partial charge in [-0.05, 0) is 75.7 Å². The van der Waals surface area contributed by atoms with Crippen molar-refractivity contribution in [2.75, 3.05) is 19.7 Å². The van der Waals surface area contributed by atoms with Crippen LogP contribution in [0.2, 0.25) is 0 Å². The number of hydrogen-bond donors (Lipinski definition) is 1. The maximum Gasteiger partial charge on any atom is 0.354 e. The van der Waals surface area contributed by atoms with E-state index in [1.54, 1.807) is 12.1 Å². The molecular formula is C30H31F2N5O4. The van der Waals surface area contributed by atoms with Gasteiger partial charge in [0.25, 0.3) is 0 Å². The van der Waals surface area contributed by atoms with Gasteiger partial charge in [-0.15, -0.1) is 0 Å². The summed E-state index contributed by atoms with van der Waals surface area (Å²) in [6.07, 6.45) is 2.78. The highest BCUT2D eigenvalue weighted by atomic mass is 19.1. The lowest BCUT2D eigenvalue weighted by Crippen LogP contribution is -2.37. The molecule has 0 spiro atoms. The van der Waals surface area contributed by atoms with Crippen molar-refractivity contribution in [3.8, 4) is 5.88 Å². The maximum absolute atomic E-state index is 14.0. The Morgan fingerprint density at radius 2 is 1.90 bits per heavy atom. The zero-order valence-corrected chi connectivity index (χ0v) is 22.7. The Bertz CT molecular complexity index is 1570. The zero-order chi connectivity index (χ0) is 28.5. The highest BCUT2D eigenvalue weighted by Gasteiger charge is 2.30. The number of aromatic carboxylic acids is 1. The molecule has 5 heterocycles. The summed E-state index contributed by atoms with van der Waals surface area (Å²) in [7, 11) is 0. The molecule has 0 amide bonds. The van der Waals surface area contributed by atoms with Gasteiger partial charge in [0, 0.05) is 29.8 Å². The van der Waals surface area contributed by atoms with Crippen LogP contribution < -0.4 is 4.74 Å². The van der Waals surface area contributed by atoms with Crippen LogP contribution in [0.5, 0.6) is 5.88 Å². The lowest BCUT2D eigenvalue weighted by molar-refractivity contribution is -0.0595. The number of hydrogen-bond acceptors (Lipinski definition) is 7. The second-order valence-corrected chi connectivity index (χ2v) is 10.6. The number of fused-ring (bicyclic) bond motifs is 1. The first-order valence-corrected chi connectivity index (χ1v) is 13.9. The molecule has 0 bridgehead atoms. The first-order valence-electron chi connectivity index (χ1n) is 13.9. The summed E-state index contributed by atoms with van der Waals surface area (Å²) in [5.41, 5.74) is 2.28. The average Bonchev–Trinajstić information content (AvgIpc) is 3.32. The van der Waals surface area contributed by atoms with Crippen LogP contribution in [-0.2, 0) is 17.9 Å². The van der Waals surface area contributed by atoms with E-state index < -0.39 is 17.6 Å². The Labute approximate surface area is 235 Å². The summed E-state index contributed by atoms with van der Waals surface area (Å²) < 4.78 is 40.9. The van der Waals surface area contributed by atoms with Crippen molar-refractivity contribution in [3.05, 3.63) is 82.9 Å². The fourth-order valence-corrected chi connectivity index (χ4v) is 5.56. The lowest BCUT2D eigenvalue weighted by Gasteiger charge is -2.36. The summed E-state index contributed by atoms with van der Waals surface area (Å²) in [5.74, 6) is -0.642. The fraction of sp³-hybridized carbons (Fsp3) is 0.400. The molecule has 6 rings (SSSR count). The number of benzene rings is 1. The van der Waals surface area contributed by atoms with Gasteiger partial charge in [-0.2, -0.15) is 0 Å². The number of rotatable bonds is 9. The number of nitrogens with zero attached hydrogens (tertiary/aromatic N) is 5.